The summed E-state index contributed by atoms with van der Waals surface area (Å²) in [6.45, 7) is 15.4. The van der Waals surface area contributed by atoms with E-state index < -0.39 is 20.3 Å². The Balaban J connectivity index is 1.66. The van der Waals surface area contributed by atoms with E-state index in [0.717, 1.165) is 0 Å². The number of hydrogen-bond donors (Lipinski definition) is 1. The van der Waals surface area contributed by atoms with Crippen LogP contribution in [0.1, 0.15) is 40.8 Å². The van der Waals surface area contributed by atoms with Gasteiger partial charge in [-0.2, -0.15) is 0 Å². The highest BCUT2D eigenvalue weighted by atomic mass is 79.9. The van der Waals surface area contributed by atoms with Gasteiger partial charge in [-0.15, -0.1) is 0 Å². The van der Waals surface area contributed by atoms with Crippen LogP contribution in [0.15, 0.2) is 11.1 Å². The molecule has 2 aromatic heterocycles. The smallest absolute Gasteiger partial charge is 0.192 e. The third-order valence-electron chi connectivity index (χ3n) is 6.26. The number of fused-ring (bicyclic) bond motifs is 2. The number of nitrogens with two attached hydrogens (primary N) is 1. The van der Waals surface area contributed by atoms with Gasteiger partial charge in [0.05, 0.1) is 6.61 Å². The molecular weight excluding hydrogens is 470 g/mol. The molecule has 0 bridgehead atoms. The number of hydrogen-bond acceptors (Lipinski definition) is 8. The number of nitrogen functional groups attached to an aromatic ring is 1. The van der Waals surface area contributed by atoms with Crippen LogP contribution in [0, 0.1) is 0 Å². The van der Waals surface area contributed by atoms with E-state index in [9.17, 15) is 0 Å². The quantitative estimate of drug-likeness (QED) is 0.501. The molecule has 0 unspecified atom stereocenters. The molecule has 0 radical (unpaired) electrons. The number of nitrogens with zero attached hydrogens (tertiary/aromatic N) is 4. The van der Waals surface area contributed by atoms with E-state index in [1.807, 2.05) is 18.4 Å². The van der Waals surface area contributed by atoms with Gasteiger partial charge in [-0.05, 0) is 47.9 Å². The lowest BCUT2D eigenvalue weighted by atomic mass is 10.1. The Hall–Kier alpha value is -1.11. The van der Waals surface area contributed by atoms with Crippen LogP contribution < -0.4 is 5.73 Å². The molecule has 166 valence electrons. The van der Waals surface area contributed by atoms with Gasteiger partial charge in [0, 0.05) is 0 Å². The zero-order chi connectivity index (χ0) is 22.1. The normalized spacial score (nSPS) is 28.9. The van der Waals surface area contributed by atoms with Crippen molar-refractivity contribution in [1.82, 2.24) is 19.5 Å². The summed E-state index contributed by atoms with van der Waals surface area (Å²) in [6.07, 6.45) is 0.0528. The Morgan fingerprint density at radius 3 is 2.57 bits per heavy atom. The summed E-state index contributed by atoms with van der Waals surface area (Å²) >= 11 is 3.52. The molecular formula is C19H30BrN5O4Si. The molecule has 2 fully saturated rings. The SMILES string of the molecule is CC1(C)O[C@@H]2[C@H](O1)[C@@H](CO[Si](C)(C)C(C)(C)C)O[C@H]2n1c(Br)nc2c(N)ncnc21. The number of rotatable bonds is 4. The van der Waals surface area contributed by atoms with Crippen molar-refractivity contribution >= 4 is 41.2 Å². The fraction of sp³-hybridized carbons (Fsp3) is 0.737. The topological polar surface area (TPSA) is 107 Å². The number of aromatic nitrogens is 4. The van der Waals surface area contributed by atoms with Gasteiger partial charge in [0.25, 0.3) is 0 Å². The number of anilines is 1. The average Bonchev–Trinajstić information content (AvgIpc) is 3.21. The van der Waals surface area contributed by atoms with E-state index >= 15 is 0 Å². The van der Waals surface area contributed by atoms with Crippen molar-refractivity contribution < 1.29 is 18.6 Å². The molecule has 2 aromatic rings. The molecule has 9 nitrogen and oxygen atoms in total. The minimum Gasteiger partial charge on any atom is -0.414 e. The molecule has 30 heavy (non-hydrogen) atoms. The zero-order valence-electron chi connectivity index (χ0n) is 18.5. The molecule has 2 N–H and O–H groups in total. The highest BCUT2D eigenvalue weighted by Crippen LogP contribution is 2.46. The van der Waals surface area contributed by atoms with E-state index in [1.54, 1.807) is 0 Å². The Morgan fingerprint density at radius 1 is 1.23 bits per heavy atom. The summed E-state index contributed by atoms with van der Waals surface area (Å²) in [5.41, 5.74) is 7.09. The van der Waals surface area contributed by atoms with E-state index in [0.29, 0.717) is 28.3 Å². The predicted octanol–water partition coefficient (Wildman–Crippen LogP) is 3.61. The fourth-order valence-electron chi connectivity index (χ4n) is 3.63. The Bertz CT molecular complexity index is 960. The molecule has 0 aromatic carbocycles. The molecule has 0 spiro atoms. The van der Waals surface area contributed by atoms with Crippen molar-refractivity contribution in [3.8, 4) is 0 Å². The molecule has 2 saturated heterocycles. The number of halogens is 1. The summed E-state index contributed by atoms with van der Waals surface area (Å²) < 4.78 is 27.8. The summed E-state index contributed by atoms with van der Waals surface area (Å²) in [6, 6.07) is 0. The van der Waals surface area contributed by atoms with E-state index in [2.05, 4.69) is 64.7 Å². The van der Waals surface area contributed by atoms with Crippen LogP contribution in [-0.4, -0.2) is 58.5 Å². The van der Waals surface area contributed by atoms with Gasteiger partial charge >= 0.3 is 0 Å². The van der Waals surface area contributed by atoms with Gasteiger partial charge in [0.15, 0.2) is 42.0 Å². The Kier molecular flexibility index (Phi) is 5.31. The molecule has 0 amide bonds. The van der Waals surface area contributed by atoms with Crippen molar-refractivity contribution in [1.29, 1.82) is 0 Å². The van der Waals surface area contributed by atoms with Crippen LogP contribution in [0.4, 0.5) is 5.82 Å². The molecule has 2 aliphatic heterocycles. The summed E-state index contributed by atoms with van der Waals surface area (Å²) in [5, 5.41) is 0.106. The second kappa shape index (κ2) is 7.21. The largest absolute Gasteiger partial charge is 0.414 e. The van der Waals surface area contributed by atoms with Gasteiger partial charge < -0.3 is 24.4 Å². The second-order valence-corrected chi connectivity index (χ2v) is 15.4. The molecule has 11 heteroatoms. The van der Waals surface area contributed by atoms with Crippen LogP contribution in [0.3, 0.4) is 0 Å². The lowest BCUT2D eigenvalue weighted by Crippen LogP contribution is -2.44. The summed E-state index contributed by atoms with van der Waals surface area (Å²) in [5.74, 6) is -0.403. The van der Waals surface area contributed by atoms with Crippen molar-refractivity contribution in [3.05, 3.63) is 11.1 Å². The van der Waals surface area contributed by atoms with Crippen LogP contribution >= 0.6 is 15.9 Å². The maximum Gasteiger partial charge on any atom is 0.192 e. The monoisotopic (exact) mass is 499 g/mol. The van der Waals surface area contributed by atoms with E-state index in [4.69, 9.17) is 24.4 Å². The Labute approximate surface area is 185 Å². The highest BCUT2D eigenvalue weighted by Gasteiger charge is 2.57. The maximum atomic E-state index is 6.45. The molecule has 4 heterocycles. The average molecular weight is 500 g/mol. The van der Waals surface area contributed by atoms with Gasteiger partial charge in [0.1, 0.15) is 24.6 Å². The summed E-state index contributed by atoms with van der Waals surface area (Å²) in [4.78, 5) is 12.9. The van der Waals surface area contributed by atoms with Gasteiger partial charge in [-0.1, -0.05) is 20.8 Å². The van der Waals surface area contributed by atoms with Crippen LogP contribution in [0.5, 0.6) is 0 Å². The van der Waals surface area contributed by atoms with Gasteiger partial charge in [-0.25, -0.2) is 15.0 Å². The summed E-state index contributed by atoms with van der Waals surface area (Å²) in [7, 11) is -1.94. The van der Waals surface area contributed by atoms with Crippen LogP contribution in [0.25, 0.3) is 11.2 Å². The molecule has 4 rings (SSSR count). The zero-order valence-corrected chi connectivity index (χ0v) is 21.1. The van der Waals surface area contributed by atoms with Crippen molar-refractivity contribution in [2.75, 3.05) is 12.3 Å². The minimum atomic E-state index is -1.94. The van der Waals surface area contributed by atoms with Crippen molar-refractivity contribution in [2.45, 2.75) is 83.1 Å². The third-order valence-corrected chi connectivity index (χ3v) is 11.3. The molecule has 0 saturated carbocycles. The standard InChI is InChI=1S/C19H30BrN5O4Si/c1-18(2,3)30(6,7)26-8-10-12-13(29-19(4,5)28-12)16(27-10)25-15-11(24-17(25)20)14(21)22-9-23-15/h9-10,12-13,16H,8H2,1-7H3,(H2,21,22,23)/t10-,12-,13-,16-/m1/s1. The Morgan fingerprint density at radius 2 is 1.90 bits per heavy atom. The molecule has 4 atom stereocenters. The van der Waals surface area contributed by atoms with Crippen molar-refractivity contribution in [2.24, 2.45) is 0 Å². The lowest BCUT2D eigenvalue weighted by molar-refractivity contribution is -0.199. The van der Waals surface area contributed by atoms with Crippen LogP contribution in [0.2, 0.25) is 18.1 Å². The predicted molar refractivity (Wildman–Crippen MR) is 118 cm³/mol. The highest BCUT2D eigenvalue weighted by molar-refractivity contribution is 9.10. The first-order valence-electron chi connectivity index (χ1n) is 10.1. The molecule has 0 aliphatic carbocycles. The first-order valence-corrected chi connectivity index (χ1v) is 13.8. The van der Waals surface area contributed by atoms with Crippen LogP contribution in [-0.2, 0) is 18.6 Å². The lowest BCUT2D eigenvalue weighted by Gasteiger charge is -2.37. The van der Waals surface area contributed by atoms with E-state index in [-0.39, 0.29) is 23.4 Å². The third kappa shape index (κ3) is 3.69. The maximum absolute atomic E-state index is 6.45. The van der Waals surface area contributed by atoms with Crippen molar-refractivity contribution in [3.63, 3.8) is 0 Å². The van der Waals surface area contributed by atoms with E-state index in [1.165, 1.54) is 6.33 Å². The fourth-order valence-corrected chi connectivity index (χ4v) is 5.19. The first-order chi connectivity index (χ1) is 13.8. The first kappa shape index (κ1) is 22.1. The minimum absolute atomic E-state index is 0.106. The number of imidazole rings is 1. The second-order valence-electron chi connectivity index (χ2n) is 9.88. The molecule has 2 aliphatic rings. The number of ether oxygens (including phenoxy) is 3. The van der Waals surface area contributed by atoms with Gasteiger partial charge in [0.2, 0.25) is 0 Å². The van der Waals surface area contributed by atoms with Gasteiger partial charge in [-0.3, -0.25) is 4.57 Å².